The molecule has 0 unspecified atom stereocenters. The zero-order valence-electron chi connectivity index (χ0n) is 13.5. The number of carbonyl (C=O) groups is 1. The van der Waals surface area contributed by atoms with Gasteiger partial charge in [-0.25, -0.2) is 0 Å². The molecule has 5 heteroatoms. The number of rotatable bonds is 5. The minimum atomic E-state index is -0.185. The van der Waals surface area contributed by atoms with E-state index in [1.54, 1.807) is 24.3 Å². The highest BCUT2D eigenvalue weighted by Gasteiger charge is 2.11. The molecule has 0 bridgehead atoms. The van der Waals surface area contributed by atoms with Crippen LogP contribution in [0.1, 0.15) is 19.3 Å². The highest BCUT2D eigenvalue weighted by Crippen LogP contribution is 2.22. The number of nitrogens with zero attached hydrogens (tertiary/aromatic N) is 1. The Morgan fingerprint density at radius 3 is 2.33 bits per heavy atom. The lowest BCUT2D eigenvalue weighted by molar-refractivity contribution is -0.118. The van der Waals surface area contributed by atoms with Crippen LogP contribution in [0.5, 0.6) is 5.75 Å². The second-order valence-electron chi connectivity index (χ2n) is 5.89. The Hall–Kier alpha value is -2.20. The summed E-state index contributed by atoms with van der Waals surface area (Å²) in [6.07, 6.45) is 3.82. The predicted octanol–water partition coefficient (Wildman–Crippen LogP) is 4.35. The number of halogens is 1. The van der Waals surface area contributed by atoms with Gasteiger partial charge in [0.2, 0.25) is 0 Å². The summed E-state index contributed by atoms with van der Waals surface area (Å²) in [6.45, 7) is 2.19. The fourth-order valence-corrected chi connectivity index (χ4v) is 2.91. The second kappa shape index (κ2) is 8.06. The lowest BCUT2D eigenvalue weighted by Gasteiger charge is -2.28. The molecule has 1 N–H and O–H groups in total. The number of piperidine rings is 1. The normalized spacial score (nSPS) is 14.3. The molecule has 1 saturated heterocycles. The predicted molar refractivity (Wildman–Crippen MR) is 98.1 cm³/mol. The van der Waals surface area contributed by atoms with E-state index in [1.807, 2.05) is 12.1 Å². The SMILES string of the molecule is O=C(COc1ccc(Cl)cc1)Nc1ccc(N2CCCCC2)cc1. The van der Waals surface area contributed by atoms with Crippen LogP contribution in [0.25, 0.3) is 0 Å². The first-order valence-corrected chi connectivity index (χ1v) is 8.62. The number of benzene rings is 2. The van der Waals surface area contributed by atoms with Crippen LogP contribution in [0.15, 0.2) is 48.5 Å². The van der Waals surface area contributed by atoms with Crippen LogP contribution < -0.4 is 15.0 Å². The molecular formula is C19H21ClN2O2. The molecule has 1 fully saturated rings. The summed E-state index contributed by atoms with van der Waals surface area (Å²) in [7, 11) is 0. The van der Waals surface area contributed by atoms with Crippen molar-refractivity contribution in [2.45, 2.75) is 19.3 Å². The van der Waals surface area contributed by atoms with Gasteiger partial charge >= 0.3 is 0 Å². The molecule has 1 heterocycles. The van der Waals surface area contributed by atoms with Crippen LogP contribution in [-0.4, -0.2) is 25.6 Å². The average molecular weight is 345 g/mol. The van der Waals surface area contributed by atoms with Crippen LogP contribution in [0.4, 0.5) is 11.4 Å². The molecule has 126 valence electrons. The Morgan fingerprint density at radius 1 is 1.00 bits per heavy atom. The van der Waals surface area contributed by atoms with E-state index in [9.17, 15) is 4.79 Å². The Morgan fingerprint density at radius 2 is 1.67 bits per heavy atom. The Kier molecular flexibility index (Phi) is 5.59. The maximum atomic E-state index is 12.0. The van der Waals surface area contributed by atoms with Gasteiger partial charge in [0.15, 0.2) is 6.61 Å². The van der Waals surface area contributed by atoms with E-state index in [1.165, 1.54) is 24.9 Å². The average Bonchev–Trinajstić information content (AvgIpc) is 2.63. The molecule has 1 amide bonds. The third kappa shape index (κ3) is 4.65. The van der Waals surface area contributed by atoms with Crippen molar-refractivity contribution in [1.82, 2.24) is 0 Å². The van der Waals surface area contributed by atoms with Crippen molar-refractivity contribution in [2.75, 3.05) is 29.9 Å². The number of ether oxygens (including phenoxy) is 1. The molecule has 2 aromatic rings. The summed E-state index contributed by atoms with van der Waals surface area (Å²) >= 11 is 5.81. The largest absolute Gasteiger partial charge is 0.484 e. The second-order valence-corrected chi connectivity index (χ2v) is 6.32. The summed E-state index contributed by atoms with van der Waals surface area (Å²) in [4.78, 5) is 14.4. The van der Waals surface area contributed by atoms with Gasteiger partial charge in [-0.3, -0.25) is 4.79 Å². The summed E-state index contributed by atoms with van der Waals surface area (Å²) in [6, 6.07) is 14.9. The fourth-order valence-electron chi connectivity index (χ4n) is 2.78. The van der Waals surface area contributed by atoms with Crippen LogP contribution in [0.2, 0.25) is 5.02 Å². The van der Waals surface area contributed by atoms with Crippen molar-refractivity contribution >= 4 is 28.9 Å². The van der Waals surface area contributed by atoms with Gasteiger partial charge in [-0.05, 0) is 67.8 Å². The number of carbonyl (C=O) groups excluding carboxylic acids is 1. The molecule has 2 aromatic carbocycles. The van der Waals surface area contributed by atoms with Crippen molar-refractivity contribution in [2.24, 2.45) is 0 Å². The highest BCUT2D eigenvalue weighted by molar-refractivity contribution is 6.30. The Bertz CT molecular complexity index is 665. The van der Waals surface area contributed by atoms with Gasteiger partial charge in [0, 0.05) is 29.5 Å². The van der Waals surface area contributed by atoms with E-state index >= 15 is 0 Å². The van der Waals surface area contributed by atoms with E-state index in [2.05, 4.69) is 22.3 Å². The molecule has 0 spiro atoms. The zero-order chi connectivity index (χ0) is 16.8. The van der Waals surface area contributed by atoms with Crippen molar-refractivity contribution in [3.63, 3.8) is 0 Å². The van der Waals surface area contributed by atoms with Crippen LogP contribution in [0, 0.1) is 0 Å². The Balaban J connectivity index is 1.49. The molecule has 0 aliphatic carbocycles. The smallest absolute Gasteiger partial charge is 0.262 e. The van der Waals surface area contributed by atoms with Gasteiger partial charge in [-0.15, -0.1) is 0 Å². The van der Waals surface area contributed by atoms with E-state index < -0.39 is 0 Å². The summed E-state index contributed by atoms with van der Waals surface area (Å²) in [5.41, 5.74) is 1.99. The van der Waals surface area contributed by atoms with Gasteiger partial charge in [-0.1, -0.05) is 11.6 Å². The van der Waals surface area contributed by atoms with Crippen LogP contribution in [-0.2, 0) is 4.79 Å². The van der Waals surface area contributed by atoms with Gasteiger partial charge in [0.1, 0.15) is 5.75 Å². The molecule has 0 aromatic heterocycles. The topological polar surface area (TPSA) is 41.6 Å². The first-order valence-electron chi connectivity index (χ1n) is 8.24. The van der Waals surface area contributed by atoms with Crippen molar-refractivity contribution in [3.8, 4) is 5.75 Å². The van der Waals surface area contributed by atoms with Gasteiger partial charge in [0.25, 0.3) is 5.91 Å². The third-order valence-electron chi connectivity index (χ3n) is 4.06. The maximum Gasteiger partial charge on any atom is 0.262 e. The molecule has 4 nitrogen and oxygen atoms in total. The van der Waals surface area contributed by atoms with E-state index in [4.69, 9.17) is 16.3 Å². The maximum absolute atomic E-state index is 12.0. The lowest BCUT2D eigenvalue weighted by atomic mass is 10.1. The molecule has 24 heavy (non-hydrogen) atoms. The molecule has 1 aliphatic rings. The molecular weight excluding hydrogens is 324 g/mol. The highest BCUT2D eigenvalue weighted by atomic mass is 35.5. The van der Waals surface area contributed by atoms with E-state index in [0.717, 1.165) is 18.8 Å². The number of anilines is 2. The minimum absolute atomic E-state index is 0.0322. The first-order chi connectivity index (χ1) is 11.7. The summed E-state index contributed by atoms with van der Waals surface area (Å²) in [5.74, 6) is 0.436. The van der Waals surface area contributed by atoms with Crippen LogP contribution in [0.3, 0.4) is 0 Å². The summed E-state index contributed by atoms with van der Waals surface area (Å²) in [5, 5.41) is 3.48. The monoisotopic (exact) mass is 344 g/mol. The van der Waals surface area contributed by atoms with Gasteiger partial charge < -0.3 is 15.0 Å². The lowest BCUT2D eigenvalue weighted by Crippen LogP contribution is -2.29. The molecule has 1 aliphatic heterocycles. The molecule has 3 rings (SSSR count). The summed E-state index contributed by atoms with van der Waals surface area (Å²) < 4.78 is 5.43. The molecule has 0 radical (unpaired) electrons. The number of hydrogen-bond donors (Lipinski definition) is 1. The minimum Gasteiger partial charge on any atom is -0.484 e. The number of nitrogens with one attached hydrogen (secondary N) is 1. The van der Waals surface area contributed by atoms with Crippen LogP contribution >= 0.6 is 11.6 Å². The standard InChI is InChI=1S/C19H21ClN2O2/c20-15-4-10-18(11-5-15)24-14-19(23)21-16-6-8-17(9-7-16)22-12-2-1-3-13-22/h4-11H,1-3,12-14H2,(H,21,23). The third-order valence-corrected chi connectivity index (χ3v) is 4.31. The Labute approximate surface area is 147 Å². The van der Waals surface area contributed by atoms with Crippen molar-refractivity contribution < 1.29 is 9.53 Å². The number of amides is 1. The van der Waals surface area contributed by atoms with Gasteiger partial charge in [-0.2, -0.15) is 0 Å². The van der Waals surface area contributed by atoms with E-state index in [-0.39, 0.29) is 12.5 Å². The van der Waals surface area contributed by atoms with E-state index in [0.29, 0.717) is 10.8 Å². The number of hydrogen-bond acceptors (Lipinski definition) is 3. The van der Waals surface area contributed by atoms with Gasteiger partial charge in [0.05, 0.1) is 0 Å². The first kappa shape index (κ1) is 16.7. The van der Waals surface area contributed by atoms with Crippen molar-refractivity contribution in [3.05, 3.63) is 53.6 Å². The zero-order valence-corrected chi connectivity index (χ0v) is 14.3. The van der Waals surface area contributed by atoms with Crippen molar-refractivity contribution in [1.29, 1.82) is 0 Å². The fraction of sp³-hybridized carbons (Fsp3) is 0.316. The molecule has 0 atom stereocenters. The quantitative estimate of drug-likeness (QED) is 0.876. The molecule has 0 saturated carbocycles.